The van der Waals surface area contributed by atoms with Gasteiger partial charge in [0.2, 0.25) is 5.91 Å². The molecule has 0 unspecified atom stereocenters. The molecular formula is C21H20ClN3O2S2. The van der Waals surface area contributed by atoms with Crippen LogP contribution in [0.2, 0.25) is 5.02 Å². The first kappa shape index (κ1) is 21.4. The van der Waals surface area contributed by atoms with Crippen molar-refractivity contribution in [2.45, 2.75) is 17.0 Å². The van der Waals surface area contributed by atoms with Gasteiger partial charge in [-0.1, -0.05) is 41.6 Å². The van der Waals surface area contributed by atoms with Crippen molar-refractivity contribution in [3.63, 3.8) is 0 Å². The number of anilines is 1. The molecule has 3 rings (SSSR count). The van der Waals surface area contributed by atoms with Crippen LogP contribution in [-0.2, 0) is 10.5 Å². The normalized spacial score (nSPS) is 10.6. The Morgan fingerprint density at radius 1 is 1.21 bits per heavy atom. The number of aromatic nitrogens is 1. The highest BCUT2D eigenvalue weighted by atomic mass is 35.5. The monoisotopic (exact) mass is 445 g/mol. The minimum Gasteiger partial charge on any atom is -0.332 e. The van der Waals surface area contributed by atoms with Crippen molar-refractivity contribution in [2.75, 3.05) is 18.9 Å². The smallest absolute Gasteiger partial charge is 0.254 e. The lowest BCUT2D eigenvalue weighted by Crippen LogP contribution is -2.34. The summed E-state index contributed by atoms with van der Waals surface area (Å²) in [4.78, 5) is 30.6. The number of benzene rings is 2. The van der Waals surface area contributed by atoms with Crippen molar-refractivity contribution >= 4 is 52.2 Å². The van der Waals surface area contributed by atoms with Gasteiger partial charge in [-0.25, -0.2) is 4.98 Å². The third-order valence-corrected chi connectivity index (χ3v) is 6.44. The number of nitrogens with one attached hydrogen (secondary N) is 1. The van der Waals surface area contributed by atoms with Crippen molar-refractivity contribution in [1.82, 2.24) is 9.88 Å². The molecule has 0 bridgehead atoms. The molecule has 29 heavy (non-hydrogen) atoms. The molecule has 0 radical (unpaired) electrons. The van der Waals surface area contributed by atoms with Gasteiger partial charge in [0.05, 0.1) is 6.54 Å². The Morgan fingerprint density at radius 3 is 2.62 bits per heavy atom. The minimum absolute atomic E-state index is 0.0493. The number of likely N-dealkylation sites (N-methyl/N-ethyl adjacent to an activating group) is 1. The number of aryl methyl sites for hydroxylation is 1. The van der Waals surface area contributed by atoms with Crippen molar-refractivity contribution in [3.8, 4) is 0 Å². The second-order valence-corrected chi connectivity index (χ2v) is 8.98. The molecule has 8 heteroatoms. The summed E-state index contributed by atoms with van der Waals surface area (Å²) in [5.41, 5.74) is 3.28. The molecule has 0 aliphatic heterocycles. The lowest BCUT2D eigenvalue weighted by Gasteiger charge is -2.17. The molecule has 0 saturated heterocycles. The first-order chi connectivity index (χ1) is 13.9. The van der Waals surface area contributed by atoms with Crippen LogP contribution in [0, 0.1) is 6.92 Å². The van der Waals surface area contributed by atoms with E-state index in [1.54, 1.807) is 66.5 Å². The number of rotatable bonds is 7. The van der Waals surface area contributed by atoms with Gasteiger partial charge in [-0.2, -0.15) is 0 Å². The average Bonchev–Trinajstić information content (AvgIpc) is 3.11. The van der Waals surface area contributed by atoms with Crippen LogP contribution >= 0.6 is 34.7 Å². The molecule has 150 valence electrons. The number of carbonyl (C=O) groups is 2. The molecule has 2 aromatic carbocycles. The second-order valence-electron chi connectivity index (χ2n) is 6.46. The van der Waals surface area contributed by atoms with Crippen molar-refractivity contribution in [3.05, 3.63) is 75.8 Å². The molecule has 0 aliphatic carbocycles. The minimum atomic E-state index is -0.283. The molecule has 5 nitrogen and oxygen atoms in total. The molecule has 1 heterocycles. The second kappa shape index (κ2) is 9.91. The number of amides is 2. The molecule has 0 aliphatic rings. The van der Waals surface area contributed by atoms with Gasteiger partial charge in [0, 0.05) is 40.1 Å². The maximum Gasteiger partial charge on any atom is 0.254 e. The Morgan fingerprint density at radius 2 is 1.97 bits per heavy atom. The van der Waals surface area contributed by atoms with Crippen LogP contribution in [0.5, 0.6) is 0 Å². The van der Waals surface area contributed by atoms with Crippen molar-refractivity contribution in [2.24, 2.45) is 0 Å². The van der Waals surface area contributed by atoms with E-state index in [4.69, 9.17) is 11.6 Å². The van der Waals surface area contributed by atoms with Gasteiger partial charge in [0.25, 0.3) is 5.91 Å². The molecule has 1 aromatic heterocycles. The van der Waals surface area contributed by atoms with E-state index in [1.165, 1.54) is 4.90 Å². The topological polar surface area (TPSA) is 62.3 Å². The number of thiazole rings is 1. The highest BCUT2D eigenvalue weighted by Gasteiger charge is 2.15. The third-order valence-electron chi connectivity index (χ3n) is 4.00. The van der Waals surface area contributed by atoms with Crippen LogP contribution in [0.15, 0.2) is 58.3 Å². The van der Waals surface area contributed by atoms with Crippen LogP contribution in [0.4, 0.5) is 5.69 Å². The van der Waals surface area contributed by atoms with Crippen LogP contribution in [0.25, 0.3) is 0 Å². The van der Waals surface area contributed by atoms with Gasteiger partial charge in [-0.3, -0.25) is 9.59 Å². The number of hydrogen-bond acceptors (Lipinski definition) is 5. The lowest BCUT2D eigenvalue weighted by molar-refractivity contribution is -0.116. The van der Waals surface area contributed by atoms with Crippen LogP contribution in [0.1, 0.15) is 21.6 Å². The molecule has 0 atom stereocenters. The maximum absolute atomic E-state index is 12.6. The fourth-order valence-corrected chi connectivity index (χ4v) is 4.56. The van der Waals surface area contributed by atoms with Gasteiger partial charge in [0.15, 0.2) is 0 Å². The largest absolute Gasteiger partial charge is 0.332 e. The number of thioether (sulfide) groups is 1. The van der Waals surface area contributed by atoms with Crippen LogP contribution < -0.4 is 5.32 Å². The van der Waals surface area contributed by atoms with Gasteiger partial charge in [0.1, 0.15) is 4.34 Å². The molecule has 0 saturated carbocycles. The number of carbonyl (C=O) groups excluding carboxylic acids is 2. The Balaban J connectivity index is 1.52. The summed E-state index contributed by atoms with van der Waals surface area (Å²) in [5, 5.41) is 5.31. The standard InChI is InChI=1S/C21H20ClN3O2S2/c1-14-12-28-21(23-14)29-13-15-6-8-16(9-7-15)20(27)25(2)11-19(26)24-18-5-3-4-17(22)10-18/h3-10,12H,11,13H2,1-2H3,(H,24,26). The summed E-state index contributed by atoms with van der Waals surface area (Å²) in [7, 11) is 1.61. The average molecular weight is 446 g/mol. The van der Waals surface area contributed by atoms with Crippen molar-refractivity contribution in [1.29, 1.82) is 0 Å². The quantitative estimate of drug-likeness (QED) is 0.513. The third kappa shape index (κ3) is 6.32. The van der Waals surface area contributed by atoms with E-state index in [2.05, 4.69) is 10.3 Å². The lowest BCUT2D eigenvalue weighted by atomic mass is 10.1. The molecular weight excluding hydrogens is 426 g/mol. The fourth-order valence-electron chi connectivity index (χ4n) is 2.56. The molecule has 0 spiro atoms. The first-order valence-electron chi connectivity index (χ1n) is 8.85. The van der Waals surface area contributed by atoms with Gasteiger partial charge in [-0.15, -0.1) is 11.3 Å². The highest BCUT2D eigenvalue weighted by molar-refractivity contribution is 8.00. The predicted octanol–water partition coefficient (Wildman–Crippen LogP) is 5.11. The Labute approximate surface area is 183 Å². The Hall–Kier alpha value is -2.35. The SMILES string of the molecule is Cc1csc(SCc2ccc(C(=O)N(C)CC(=O)Nc3cccc(Cl)c3)cc2)n1. The predicted molar refractivity (Wildman–Crippen MR) is 120 cm³/mol. The molecule has 1 N–H and O–H groups in total. The van der Waals surface area contributed by atoms with E-state index in [1.807, 2.05) is 24.4 Å². The zero-order valence-electron chi connectivity index (χ0n) is 16.0. The number of halogens is 1. The van der Waals surface area contributed by atoms with Crippen LogP contribution in [-0.4, -0.2) is 35.3 Å². The summed E-state index contributed by atoms with van der Waals surface area (Å²) >= 11 is 9.22. The van der Waals surface area contributed by atoms with Crippen molar-refractivity contribution < 1.29 is 9.59 Å². The van der Waals surface area contributed by atoms with E-state index in [0.717, 1.165) is 21.3 Å². The van der Waals surface area contributed by atoms with E-state index < -0.39 is 0 Å². The summed E-state index contributed by atoms with van der Waals surface area (Å²) in [6.45, 7) is 1.93. The molecule has 3 aromatic rings. The highest BCUT2D eigenvalue weighted by Crippen LogP contribution is 2.26. The van der Waals surface area contributed by atoms with Gasteiger partial charge < -0.3 is 10.2 Å². The van der Waals surface area contributed by atoms with Crippen LogP contribution in [0.3, 0.4) is 0 Å². The summed E-state index contributed by atoms with van der Waals surface area (Å²) in [6, 6.07) is 14.3. The molecule has 0 fully saturated rings. The van der Waals surface area contributed by atoms with E-state index in [0.29, 0.717) is 16.3 Å². The zero-order chi connectivity index (χ0) is 20.8. The number of hydrogen-bond donors (Lipinski definition) is 1. The molecule has 2 amide bonds. The first-order valence-corrected chi connectivity index (χ1v) is 11.1. The van der Waals surface area contributed by atoms with E-state index in [9.17, 15) is 9.59 Å². The zero-order valence-corrected chi connectivity index (χ0v) is 18.4. The fraction of sp³-hybridized carbons (Fsp3) is 0.190. The van der Waals surface area contributed by atoms with Gasteiger partial charge >= 0.3 is 0 Å². The Bertz CT molecular complexity index is 1010. The van der Waals surface area contributed by atoms with E-state index >= 15 is 0 Å². The summed E-state index contributed by atoms with van der Waals surface area (Å²) in [5.74, 6) is 0.301. The summed E-state index contributed by atoms with van der Waals surface area (Å²) < 4.78 is 1.04. The maximum atomic E-state index is 12.6. The van der Waals surface area contributed by atoms with E-state index in [-0.39, 0.29) is 18.4 Å². The number of nitrogens with zero attached hydrogens (tertiary/aromatic N) is 2. The Kier molecular flexibility index (Phi) is 7.30. The summed E-state index contributed by atoms with van der Waals surface area (Å²) in [6.07, 6.45) is 0. The van der Waals surface area contributed by atoms with Gasteiger partial charge in [-0.05, 0) is 42.8 Å².